The van der Waals surface area contributed by atoms with Gasteiger partial charge in [-0.25, -0.2) is 4.39 Å². The summed E-state index contributed by atoms with van der Waals surface area (Å²) >= 11 is 0. The lowest BCUT2D eigenvalue weighted by Crippen LogP contribution is -2.30. The second-order valence-corrected chi connectivity index (χ2v) is 10.1. The van der Waals surface area contributed by atoms with Crippen molar-refractivity contribution in [1.29, 1.82) is 0 Å². The lowest BCUT2D eigenvalue weighted by Gasteiger charge is -2.26. The van der Waals surface area contributed by atoms with Crippen molar-refractivity contribution in [2.24, 2.45) is 22.7 Å². The first-order valence-corrected chi connectivity index (χ1v) is 14.0. The number of nitrogens with one attached hydrogen (secondary N) is 1. The molecule has 2 heterocycles. The zero-order chi connectivity index (χ0) is 29.8. The average Bonchev–Trinajstić information content (AvgIpc) is 3.40. The number of aliphatic hydroxyl groups is 1. The lowest BCUT2D eigenvalue weighted by atomic mass is 9.82. The Morgan fingerprint density at radius 1 is 1.23 bits per heavy atom. The Balaban J connectivity index is 0.00000131. The molecule has 1 aromatic carbocycles. The number of fused-ring (bicyclic) bond motifs is 1. The first-order chi connectivity index (χ1) is 19.1. The minimum atomic E-state index is -0.544. The number of benzene rings is 1. The van der Waals surface area contributed by atoms with Gasteiger partial charge >= 0.3 is 0 Å². The van der Waals surface area contributed by atoms with Crippen molar-refractivity contribution in [2.75, 3.05) is 13.2 Å². The number of ketones is 1. The Morgan fingerprint density at radius 2 is 1.90 bits per heavy atom. The summed E-state index contributed by atoms with van der Waals surface area (Å²) in [5, 5.41) is 14.0. The number of aliphatic hydroxyl groups excluding tert-OH is 1. The van der Waals surface area contributed by atoms with Gasteiger partial charge in [-0.3, -0.25) is 14.9 Å². The number of hydrogen-bond acceptors (Lipinski definition) is 5. The molecule has 1 aliphatic heterocycles. The number of aromatic amines is 1. The summed E-state index contributed by atoms with van der Waals surface area (Å²) in [7, 11) is 0. The molecule has 0 spiro atoms. The zero-order valence-corrected chi connectivity index (χ0v) is 24.6. The number of aliphatic imine (C=N–C) groups is 1. The highest BCUT2D eigenvalue weighted by atomic mass is 19.1. The number of allylic oxidation sites excluding steroid dienone is 4. The van der Waals surface area contributed by atoms with Gasteiger partial charge in [0.25, 0.3) is 0 Å². The molecule has 1 aliphatic rings. The van der Waals surface area contributed by atoms with Crippen molar-refractivity contribution < 1.29 is 23.4 Å². The van der Waals surface area contributed by atoms with Gasteiger partial charge in [0.1, 0.15) is 11.6 Å². The Kier molecular flexibility index (Phi) is 13.1. The predicted molar refractivity (Wildman–Crippen MR) is 156 cm³/mol. The molecule has 0 bridgehead atoms. The molecule has 1 aromatic heterocycles. The van der Waals surface area contributed by atoms with Gasteiger partial charge in [-0.2, -0.15) is 9.49 Å². The normalized spacial score (nSPS) is 17.2. The fourth-order valence-electron chi connectivity index (χ4n) is 4.26. The molecule has 0 amide bonds. The van der Waals surface area contributed by atoms with Crippen molar-refractivity contribution in [3.05, 3.63) is 82.9 Å². The molecule has 0 saturated carbocycles. The van der Waals surface area contributed by atoms with Gasteiger partial charge in [0.2, 0.25) is 5.95 Å². The number of nitrogens with zero attached hydrogens (tertiary/aromatic N) is 2. The van der Waals surface area contributed by atoms with Crippen molar-refractivity contribution in [3.8, 4) is 5.75 Å². The van der Waals surface area contributed by atoms with Crippen molar-refractivity contribution in [1.82, 2.24) is 10.2 Å². The van der Waals surface area contributed by atoms with E-state index in [0.29, 0.717) is 46.8 Å². The number of H-pyrrole nitrogens is 1. The molecule has 6 nitrogen and oxygen atoms in total. The molecule has 8 heteroatoms. The molecule has 40 heavy (non-hydrogen) atoms. The second-order valence-electron chi connectivity index (χ2n) is 10.1. The van der Waals surface area contributed by atoms with Crippen LogP contribution in [0, 0.1) is 29.5 Å². The van der Waals surface area contributed by atoms with Crippen LogP contribution in [0.3, 0.4) is 0 Å². The van der Waals surface area contributed by atoms with Crippen LogP contribution >= 0.6 is 0 Å². The summed E-state index contributed by atoms with van der Waals surface area (Å²) in [6.07, 6.45) is 7.66. The molecule has 2 N–H and O–H groups in total. The highest BCUT2D eigenvalue weighted by Crippen LogP contribution is 2.33. The van der Waals surface area contributed by atoms with Crippen LogP contribution in [-0.2, 0) is 11.2 Å². The van der Waals surface area contributed by atoms with Gasteiger partial charge in [0, 0.05) is 24.0 Å². The quantitative estimate of drug-likeness (QED) is 0.175. The monoisotopic (exact) mass is 555 g/mol. The highest BCUT2D eigenvalue weighted by Gasteiger charge is 2.30. The number of Topliss-reactive ketones (excluding diaryl/α,β-unsaturated/α-hetero) is 1. The maximum Gasteiger partial charge on any atom is 0.218 e. The minimum Gasteiger partial charge on any atom is -0.493 e. The summed E-state index contributed by atoms with van der Waals surface area (Å²) in [6, 6.07) is 4.37. The third-order valence-corrected chi connectivity index (χ3v) is 7.20. The van der Waals surface area contributed by atoms with E-state index in [4.69, 9.17) is 14.8 Å². The minimum absolute atomic E-state index is 0.0330. The van der Waals surface area contributed by atoms with Crippen LogP contribution in [0.2, 0.25) is 0 Å². The van der Waals surface area contributed by atoms with E-state index in [0.717, 1.165) is 24.8 Å². The topological polar surface area (TPSA) is 87.6 Å². The van der Waals surface area contributed by atoms with E-state index in [1.807, 2.05) is 27.7 Å². The highest BCUT2D eigenvalue weighted by molar-refractivity contribution is 6.04. The van der Waals surface area contributed by atoms with Crippen molar-refractivity contribution in [3.63, 3.8) is 0 Å². The van der Waals surface area contributed by atoms with E-state index in [1.165, 1.54) is 18.3 Å². The van der Waals surface area contributed by atoms with E-state index in [9.17, 15) is 13.6 Å². The molecular weight excluding hydrogens is 512 g/mol. The number of carbonyl (C=O) groups excluding carboxylic acids is 1. The van der Waals surface area contributed by atoms with E-state index in [2.05, 4.69) is 23.7 Å². The molecule has 3 rings (SSSR count). The number of ether oxygens (including phenoxy) is 1. The molecule has 0 aliphatic carbocycles. The number of aromatic nitrogens is 2. The second kappa shape index (κ2) is 16.0. The summed E-state index contributed by atoms with van der Waals surface area (Å²) in [5.74, 6) is -0.815. The Bertz CT molecular complexity index is 1240. The van der Waals surface area contributed by atoms with E-state index < -0.39 is 11.9 Å². The molecule has 0 radical (unpaired) electrons. The molecule has 3 atom stereocenters. The van der Waals surface area contributed by atoms with Crippen LogP contribution in [0.5, 0.6) is 5.75 Å². The lowest BCUT2D eigenvalue weighted by molar-refractivity contribution is -0.120. The number of hydrogen-bond donors (Lipinski definition) is 2. The van der Waals surface area contributed by atoms with Crippen LogP contribution < -0.4 is 4.74 Å². The van der Waals surface area contributed by atoms with Gasteiger partial charge in [-0.1, -0.05) is 47.3 Å². The molecule has 0 saturated heterocycles. The summed E-state index contributed by atoms with van der Waals surface area (Å²) < 4.78 is 34.0. The van der Waals surface area contributed by atoms with Crippen molar-refractivity contribution >= 4 is 11.5 Å². The van der Waals surface area contributed by atoms with E-state index >= 15 is 0 Å². The third kappa shape index (κ3) is 8.31. The SMILES string of the molecule is C=C(C(=C\N=C(c1cn[nH]c1F)C(C)CC)/C(=C\C)C(=O)C1COc2ccc(F)cc2C1)C(C)CC.CCCO. The fraction of sp³-hybridized carbons (Fsp3) is 0.469. The summed E-state index contributed by atoms with van der Waals surface area (Å²) in [4.78, 5) is 18.5. The molecule has 3 unspecified atom stereocenters. The standard InChI is InChI=1S/C29H35F2N3O2.C3H8O/c1-7-17(4)19(6)24(14-32-27(18(5)8-2)25-15-33-34-29(25)31)23(9-3)28(35)21-12-20-13-22(30)10-11-26(20)36-16-21;1-2-3-4/h9-11,13-15,17-18,21H,6-8,12,16H2,1-5H3,(H,33,34);4H,2-3H2,1H3/b23-9+,24-14+,32-27?;. The van der Waals surface area contributed by atoms with Gasteiger partial charge in [-0.05, 0) is 73.8 Å². The molecular formula is C32H43F2N3O3. The average molecular weight is 556 g/mol. The zero-order valence-electron chi connectivity index (χ0n) is 24.6. The van der Waals surface area contributed by atoms with Crippen LogP contribution in [0.4, 0.5) is 8.78 Å². The van der Waals surface area contributed by atoms with Gasteiger partial charge < -0.3 is 9.84 Å². The number of rotatable bonds is 11. The molecule has 0 fully saturated rings. The van der Waals surface area contributed by atoms with Gasteiger partial charge in [0.05, 0.1) is 30.0 Å². The van der Waals surface area contributed by atoms with Gasteiger partial charge in [-0.15, -0.1) is 0 Å². The molecule has 218 valence electrons. The first kappa shape index (κ1) is 32.8. The number of carbonyl (C=O) groups is 1. The first-order valence-electron chi connectivity index (χ1n) is 14.0. The van der Waals surface area contributed by atoms with E-state index in [-0.39, 0.29) is 30.0 Å². The largest absolute Gasteiger partial charge is 0.493 e. The number of halogens is 2. The predicted octanol–water partition coefficient (Wildman–Crippen LogP) is 7.16. The maximum atomic E-state index is 14.4. The van der Waals surface area contributed by atoms with Crippen LogP contribution in [0.1, 0.15) is 71.9 Å². The van der Waals surface area contributed by atoms with Crippen molar-refractivity contribution in [2.45, 2.75) is 67.2 Å². The van der Waals surface area contributed by atoms with Crippen LogP contribution in [0.25, 0.3) is 0 Å². The summed E-state index contributed by atoms with van der Waals surface area (Å²) in [6.45, 7) is 16.6. The molecule has 2 aromatic rings. The third-order valence-electron chi connectivity index (χ3n) is 7.20. The fourth-order valence-corrected chi connectivity index (χ4v) is 4.26. The van der Waals surface area contributed by atoms with E-state index in [1.54, 1.807) is 25.3 Å². The van der Waals surface area contributed by atoms with Crippen LogP contribution in [-0.4, -0.2) is 40.0 Å². The smallest absolute Gasteiger partial charge is 0.218 e. The van der Waals surface area contributed by atoms with Crippen LogP contribution in [0.15, 0.2) is 65.0 Å². The van der Waals surface area contributed by atoms with Gasteiger partial charge in [0.15, 0.2) is 5.78 Å². The maximum absolute atomic E-state index is 14.4. The Morgan fingerprint density at radius 3 is 2.45 bits per heavy atom. The Labute approximate surface area is 237 Å². The Hall–Kier alpha value is -3.39. The summed E-state index contributed by atoms with van der Waals surface area (Å²) in [5.41, 5.74) is 3.41.